The topological polar surface area (TPSA) is 141 Å². The number of imide groups is 1. The number of nitro groups is 1. The summed E-state index contributed by atoms with van der Waals surface area (Å²) < 4.78 is 5.50. The molecule has 0 aliphatic heterocycles. The van der Waals surface area contributed by atoms with Gasteiger partial charge < -0.3 is 10.1 Å². The fourth-order valence-electron chi connectivity index (χ4n) is 2.35. The number of nitrogens with one attached hydrogen (secondary N) is 2. The van der Waals surface area contributed by atoms with E-state index in [0.29, 0.717) is 9.24 Å². The number of aryl methyl sites for hydroxylation is 1. The van der Waals surface area contributed by atoms with Crippen LogP contribution >= 0.6 is 34.4 Å². The van der Waals surface area contributed by atoms with E-state index in [-0.39, 0.29) is 17.8 Å². The van der Waals surface area contributed by atoms with Crippen molar-refractivity contribution in [2.75, 3.05) is 6.61 Å². The minimum absolute atomic E-state index is 0.0914. The number of hydrogen-bond acceptors (Lipinski definition) is 10. The van der Waals surface area contributed by atoms with E-state index in [4.69, 9.17) is 4.74 Å². The number of nitro benzene ring substituents is 1. The van der Waals surface area contributed by atoms with Crippen molar-refractivity contribution in [2.45, 2.75) is 22.7 Å². The number of carbonyl (C=O) groups is 3. The summed E-state index contributed by atoms with van der Waals surface area (Å²) in [4.78, 5) is 52.1. The van der Waals surface area contributed by atoms with Gasteiger partial charge >= 0.3 is 12.0 Å². The molecular weight excluding hydrogens is 476 g/mol. The summed E-state index contributed by atoms with van der Waals surface area (Å²) in [6.07, 6.45) is 0. The molecule has 2 aromatic heterocycles. The van der Waals surface area contributed by atoms with Gasteiger partial charge in [0, 0.05) is 22.0 Å². The summed E-state index contributed by atoms with van der Waals surface area (Å²) in [6, 6.07) is 6.80. The fraction of sp³-hybridized carbons (Fsp3) is 0.158. The highest BCUT2D eigenvalue weighted by atomic mass is 32.2. The Morgan fingerprint density at radius 1 is 1.25 bits per heavy atom. The predicted molar refractivity (Wildman–Crippen MR) is 119 cm³/mol. The molecule has 0 fully saturated rings. The van der Waals surface area contributed by atoms with E-state index in [0.717, 1.165) is 28.4 Å². The van der Waals surface area contributed by atoms with E-state index >= 15 is 0 Å². The summed E-state index contributed by atoms with van der Waals surface area (Å²) in [6.45, 7) is 1.36. The molecule has 0 bridgehead atoms. The zero-order chi connectivity index (χ0) is 23.1. The second-order valence-corrected chi connectivity index (χ2v) is 9.36. The number of thiazole rings is 1. The van der Waals surface area contributed by atoms with Crippen LogP contribution in [0.1, 0.15) is 20.9 Å². The minimum Gasteiger partial charge on any atom is -0.452 e. The highest BCUT2D eigenvalue weighted by molar-refractivity contribution is 8.01. The first kappa shape index (κ1) is 23.4. The van der Waals surface area contributed by atoms with Crippen molar-refractivity contribution in [2.24, 2.45) is 0 Å². The van der Waals surface area contributed by atoms with Crippen LogP contribution in [0.5, 0.6) is 0 Å². The van der Waals surface area contributed by atoms with Crippen LogP contribution in [0.4, 0.5) is 10.5 Å². The summed E-state index contributed by atoms with van der Waals surface area (Å²) in [5, 5.41) is 19.7. The zero-order valence-corrected chi connectivity index (χ0v) is 19.0. The normalized spacial score (nSPS) is 10.4. The Labute approximate surface area is 194 Å². The standard InChI is InChI=1S/C19H16N4O6S3/c1-11-10-31-19(21-11)32-15-5-4-12(7-14(15)23(27)28)17(25)29-9-16(24)22-18(26)20-8-13-3-2-6-30-13/h2-7,10H,8-9H2,1H3,(H2,20,22,24,26). The molecule has 0 saturated carbocycles. The maximum atomic E-state index is 12.2. The molecule has 3 aromatic rings. The first-order valence-electron chi connectivity index (χ1n) is 8.97. The molecule has 0 aliphatic rings. The van der Waals surface area contributed by atoms with E-state index in [9.17, 15) is 24.5 Å². The Balaban J connectivity index is 1.54. The second kappa shape index (κ2) is 10.8. The maximum Gasteiger partial charge on any atom is 0.338 e. The van der Waals surface area contributed by atoms with Crippen LogP contribution in [0.25, 0.3) is 0 Å². The van der Waals surface area contributed by atoms with Gasteiger partial charge in [0.2, 0.25) is 0 Å². The van der Waals surface area contributed by atoms with Crippen LogP contribution in [-0.2, 0) is 16.1 Å². The third kappa shape index (κ3) is 6.60. The van der Waals surface area contributed by atoms with Crippen LogP contribution in [0.3, 0.4) is 0 Å². The third-order valence-corrected chi connectivity index (χ3v) is 6.78. The number of hydrogen-bond donors (Lipinski definition) is 2. The summed E-state index contributed by atoms with van der Waals surface area (Å²) in [5.41, 5.74) is 0.430. The van der Waals surface area contributed by atoms with Crippen molar-refractivity contribution in [1.82, 2.24) is 15.6 Å². The molecule has 2 heterocycles. The van der Waals surface area contributed by atoms with Gasteiger partial charge in [0.15, 0.2) is 10.9 Å². The lowest BCUT2D eigenvalue weighted by Crippen LogP contribution is -2.41. The third-order valence-electron chi connectivity index (χ3n) is 3.78. The van der Waals surface area contributed by atoms with Crippen LogP contribution in [-0.4, -0.2) is 34.4 Å². The SMILES string of the molecule is Cc1csc(Sc2ccc(C(=O)OCC(=O)NC(=O)NCc3cccs3)cc2[N+](=O)[O-])n1. The van der Waals surface area contributed by atoms with Crippen LogP contribution in [0, 0.1) is 17.0 Å². The molecule has 13 heteroatoms. The van der Waals surface area contributed by atoms with E-state index in [1.165, 1.54) is 34.8 Å². The van der Waals surface area contributed by atoms with Crippen molar-refractivity contribution in [3.05, 3.63) is 67.3 Å². The van der Waals surface area contributed by atoms with Gasteiger partial charge in [-0.05, 0) is 30.5 Å². The highest BCUT2D eigenvalue weighted by Crippen LogP contribution is 2.36. The molecule has 0 aliphatic carbocycles. The number of urea groups is 1. The van der Waals surface area contributed by atoms with Crippen molar-refractivity contribution in [1.29, 1.82) is 0 Å². The van der Waals surface area contributed by atoms with E-state index in [2.05, 4.69) is 10.3 Å². The lowest BCUT2D eigenvalue weighted by atomic mass is 10.2. The molecule has 32 heavy (non-hydrogen) atoms. The lowest BCUT2D eigenvalue weighted by molar-refractivity contribution is -0.387. The van der Waals surface area contributed by atoms with Gasteiger partial charge in [-0.1, -0.05) is 17.8 Å². The zero-order valence-electron chi connectivity index (χ0n) is 16.5. The fourth-order valence-corrected chi connectivity index (χ4v) is 4.87. The van der Waals surface area contributed by atoms with Crippen LogP contribution < -0.4 is 10.6 Å². The molecule has 0 unspecified atom stereocenters. The number of thiophene rings is 1. The molecule has 3 amide bonds. The Hall–Kier alpha value is -3.29. The van der Waals surface area contributed by atoms with Gasteiger partial charge in [-0.2, -0.15) is 0 Å². The molecule has 0 atom stereocenters. The molecule has 3 rings (SSSR count). The highest BCUT2D eigenvalue weighted by Gasteiger charge is 2.21. The molecule has 1 aromatic carbocycles. The average molecular weight is 493 g/mol. The van der Waals surface area contributed by atoms with Gasteiger partial charge in [-0.25, -0.2) is 14.6 Å². The molecular formula is C19H16N4O6S3. The molecule has 0 saturated heterocycles. The first-order valence-corrected chi connectivity index (χ1v) is 11.5. The monoisotopic (exact) mass is 492 g/mol. The number of amides is 3. The molecule has 2 N–H and O–H groups in total. The quantitative estimate of drug-likeness (QED) is 0.275. The van der Waals surface area contributed by atoms with E-state index < -0.39 is 29.4 Å². The number of benzene rings is 1. The van der Waals surface area contributed by atoms with Gasteiger partial charge in [0.25, 0.3) is 11.6 Å². The van der Waals surface area contributed by atoms with Crippen molar-refractivity contribution in [3.8, 4) is 0 Å². The molecule has 166 valence electrons. The first-order chi connectivity index (χ1) is 15.3. The van der Waals surface area contributed by atoms with Crippen molar-refractivity contribution < 1.29 is 24.0 Å². The largest absolute Gasteiger partial charge is 0.452 e. The lowest BCUT2D eigenvalue weighted by Gasteiger charge is -2.07. The van der Waals surface area contributed by atoms with Crippen LogP contribution in [0.15, 0.2) is 50.3 Å². The maximum absolute atomic E-state index is 12.2. The van der Waals surface area contributed by atoms with Gasteiger partial charge in [-0.15, -0.1) is 22.7 Å². The average Bonchev–Trinajstić information content (AvgIpc) is 3.42. The molecule has 0 spiro atoms. The van der Waals surface area contributed by atoms with Crippen molar-refractivity contribution in [3.63, 3.8) is 0 Å². The number of aromatic nitrogens is 1. The van der Waals surface area contributed by atoms with Gasteiger partial charge in [-0.3, -0.25) is 20.2 Å². The second-order valence-electron chi connectivity index (χ2n) is 6.18. The Kier molecular flexibility index (Phi) is 7.92. The smallest absolute Gasteiger partial charge is 0.338 e. The van der Waals surface area contributed by atoms with Crippen LogP contribution in [0.2, 0.25) is 0 Å². The van der Waals surface area contributed by atoms with Gasteiger partial charge in [0.05, 0.1) is 21.9 Å². The number of ether oxygens (including phenoxy) is 1. The molecule has 0 radical (unpaired) electrons. The number of carbonyl (C=O) groups excluding carboxylic acids is 3. The number of rotatable bonds is 8. The Bertz CT molecular complexity index is 1150. The summed E-state index contributed by atoms with van der Waals surface area (Å²) in [7, 11) is 0. The van der Waals surface area contributed by atoms with E-state index in [1.54, 1.807) is 0 Å². The number of nitrogens with zero attached hydrogens (tertiary/aromatic N) is 2. The Morgan fingerprint density at radius 3 is 2.72 bits per heavy atom. The predicted octanol–water partition coefficient (Wildman–Crippen LogP) is 3.76. The summed E-state index contributed by atoms with van der Waals surface area (Å²) in [5.74, 6) is -1.76. The minimum atomic E-state index is -0.927. The van der Waals surface area contributed by atoms with E-state index in [1.807, 2.05) is 35.1 Å². The van der Waals surface area contributed by atoms with Gasteiger partial charge in [0.1, 0.15) is 0 Å². The number of esters is 1. The molecule has 10 nitrogen and oxygen atoms in total. The Morgan fingerprint density at radius 2 is 2.06 bits per heavy atom. The van der Waals surface area contributed by atoms with Crippen molar-refractivity contribution >= 4 is 58.0 Å². The summed E-state index contributed by atoms with van der Waals surface area (Å²) >= 11 is 3.93.